The fourth-order valence-corrected chi connectivity index (χ4v) is 2.09. The molecule has 1 amide bonds. The zero-order valence-corrected chi connectivity index (χ0v) is 13.2. The number of aryl methyl sites for hydroxylation is 1. The van der Waals surface area contributed by atoms with Crippen LogP contribution in [0.4, 0.5) is 0 Å². The van der Waals surface area contributed by atoms with Gasteiger partial charge in [0.15, 0.2) is 0 Å². The van der Waals surface area contributed by atoms with Crippen molar-refractivity contribution >= 4 is 34.8 Å². The third-order valence-electron chi connectivity index (χ3n) is 3.05. The summed E-state index contributed by atoms with van der Waals surface area (Å²) in [6, 6.07) is 4.99. The molecule has 0 bridgehead atoms. The summed E-state index contributed by atoms with van der Waals surface area (Å²) in [7, 11) is 0. The topological polar surface area (TPSA) is 89.8 Å². The Morgan fingerprint density at radius 1 is 1.23 bits per heavy atom. The maximum Gasteiger partial charge on any atom is 0.267 e. The lowest BCUT2D eigenvalue weighted by Crippen LogP contribution is -2.37. The monoisotopic (exact) mass is 340 g/mol. The SMILES string of the molecule is C=C(NNC(=O)Cc1c(C)[nH][nH]c1=O)c1ccc(Cl)c(Cl)c1. The summed E-state index contributed by atoms with van der Waals surface area (Å²) in [5.41, 5.74) is 7.00. The van der Waals surface area contributed by atoms with Crippen LogP contribution in [-0.2, 0) is 11.2 Å². The molecule has 0 spiro atoms. The molecule has 0 atom stereocenters. The van der Waals surface area contributed by atoms with Gasteiger partial charge in [-0.1, -0.05) is 35.8 Å². The largest absolute Gasteiger partial charge is 0.302 e. The number of halogens is 2. The van der Waals surface area contributed by atoms with Gasteiger partial charge in [-0.25, -0.2) is 0 Å². The van der Waals surface area contributed by atoms with Gasteiger partial charge in [-0.3, -0.25) is 25.5 Å². The molecule has 0 unspecified atom stereocenters. The van der Waals surface area contributed by atoms with E-state index in [4.69, 9.17) is 23.2 Å². The third kappa shape index (κ3) is 3.72. The van der Waals surface area contributed by atoms with Crippen LogP contribution in [0, 0.1) is 6.92 Å². The van der Waals surface area contributed by atoms with Crippen LogP contribution in [0.1, 0.15) is 16.8 Å². The zero-order chi connectivity index (χ0) is 16.3. The number of H-pyrrole nitrogens is 2. The van der Waals surface area contributed by atoms with Crippen molar-refractivity contribution in [3.63, 3.8) is 0 Å². The van der Waals surface area contributed by atoms with Crippen LogP contribution in [-0.4, -0.2) is 16.1 Å². The minimum absolute atomic E-state index is 0.0493. The standard InChI is InChI=1S/C14H14Cl2N4O2/c1-7(9-3-4-11(15)12(16)5-9)17-19-13(21)6-10-8(2)18-20-14(10)22/h3-5,17H,1,6H2,2H3,(H,19,21)(H2,18,20,22). The summed E-state index contributed by atoms with van der Waals surface area (Å²) in [4.78, 5) is 23.3. The van der Waals surface area contributed by atoms with Gasteiger partial charge in [0.2, 0.25) is 5.91 Å². The highest BCUT2D eigenvalue weighted by molar-refractivity contribution is 6.42. The molecule has 2 rings (SSSR count). The molecule has 0 saturated heterocycles. The average Bonchev–Trinajstić information content (AvgIpc) is 2.79. The lowest BCUT2D eigenvalue weighted by Gasteiger charge is -2.11. The molecular weight excluding hydrogens is 327 g/mol. The van der Waals surface area contributed by atoms with E-state index < -0.39 is 0 Å². The van der Waals surface area contributed by atoms with Crippen LogP contribution in [0.25, 0.3) is 5.70 Å². The van der Waals surface area contributed by atoms with E-state index in [-0.39, 0.29) is 17.9 Å². The number of carbonyl (C=O) groups is 1. The first-order valence-corrected chi connectivity index (χ1v) is 7.09. The number of hydrazine groups is 1. The van der Waals surface area contributed by atoms with Gasteiger partial charge < -0.3 is 5.10 Å². The molecule has 0 aliphatic rings. The molecule has 22 heavy (non-hydrogen) atoms. The van der Waals surface area contributed by atoms with E-state index in [2.05, 4.69) is 27.6 Å². The lowest BCUT2D eigenvalue weighted by molar-refractivity contribution is -0.121. The quantitative estimate of drug-likeness (QED) is 0.628. The normalized spacial score (nSPS) is 10.3. The van der Waals surface area contributed by atoms with Crippen molar-refractivity contribution < 1.29 is 4.79 Å². The number of aromatic nitrogens is 2. The summed E-state index contributed by atoms with van der Waals surface area (Å²) < 4.78 is 0. The third-order valence-corrected chi connectivity index (χ3v) is 3.79. The Bertz CT molecular complexity index is 779. The molecule has 0 fully saturated rings. The number of nitrogens with one attached hydrogen (secondary N) is 4. The molecule has 4 N–H and O–H groups in total. The maximum atomic E-state index is 11.8. The predicted molar refractivity (Wildman–Crippen MR) is 86.6 cm³/mol. The molecule has 0 radical (unpaired) electrons. The number of hydrogen-bond donors (Lipinski definition) is 4. The van der Waals surface area contributed by atoms with E-state index in [1.807, 2.05) is 0 Å². The van der Waals surface area contributed by atoms with Gasteiger partial charge in [0.05, 0.1) is 22.2 Å². The van der Waals surface area contributed by atoms with Crippen LogP contribution in [0.5, 0.6) is 0 Å². The molecule has 1 aromatic heterocycles. The van der Waals surface area contributed by atoms with Gasteiger partial charge in [0.25, 0.3) is 5.56 Å². The van der Waals surface area contributed by atoms with E-state index in [0.29, 0.717) is 32.6 Å². The van der Waals surface area contributed by atoms with Gasteiger partial charge in [0.1, 0.15) is 0 Å². The van der Waals surface area contributed by atoms with E-state index >= 15 is 0 Å². The fourth-order valence-electron chi connectivity index (χ4n) is 1.79. The highest BCUT2D eigenvalue weighted by Gasteiger charge is 2.11. The molecule has 0 aliphatic heterocycles. The molecule has 0 aliphatic carbocycles. The van der Waals surface area contributed by atoms with Crippen LogP contribution < -0.4 is 16.4 Å². The Morgan fingerprint density at radius 2 is 1.95 bits per heavy atom. The van der Waals surface area contributed by atoms with Gasteiger partial charge in [-0.05, 0) is 19.1 Å². The van der Waals surface area contributed by atoms with Crippen molar-refractivity contribution in [1.29, 1.82) is 0 Å². The summed E-state index contributed by atoms with van der Waals surface area (Å²) in [6.07, 6.45) is -0.0493. The number of rotatable bonds is 5. The average molecular weight is 341 g/mol. The summed E-state index contributed by atoms with van der Waals surface area (Å²) >= 11 is 11.8. The second-order valence-electron chi connectivity index (χ2n) is 4.64. The van der Waals surface area contributed by atoms with Crippen molar-refractivity contribution in [3.8, 4) is 0 Å². The van der Waals surface area contributed by atoms with Crippen molar-refractivity contribution in [2.24, 2.45) is 0 Å². The Kier molecular flexibility index (Phi) is 4.95. The van der Waals surface area contributed by atoms with Crippen molar-refractivity contribution in [1.82, 2.24) is 21.0 Å². The van der Waals surface area contributed by atoms with Crippen LogP contribution >= 0.6 is 23.2 Å². The molecule has 0 saturated carbocycles. The molecule has 1 heterocycles. The minimum atomic E-state index is -0.366. The number of hydrogen-bond acceptors (Lipinski definition) is 3. The van der Waals surface area contributed by atoms with E-state index in [1.165, 1.54) is 0 Å². The Hall–Kier alpha value is -2.18. The zero-order valence-electron chi connectivity index (χ0n) is 11.7. The Morgan fingerprint density at radius 3 is 2.55 bits per heavy atom. The Balaban J connectivity index is 1.94. The highest BCUT2D eigenvalue weighted by Crippen LogP contribution is 2.24. The van der Waals surface area contributed by atoms with Gasteiger partial charge in [0, 0.05) is 16.8 Å². The van der Waals surface area contributed by atoms with Crippen molar-refractivity contribution in [2.45, 2.75) is 13.3 Å². The van der Waals surface area contributed by atoms with E-state index in [9.17, 15) is 9.59 Å². The highest BCUT2D eigenvalue weighted by atomic mass is 35.5. The van der Waals surface area contributed by atoms with Gasteiger partial charge in [-0.2, -0.15) is 0 Å². The summed E-state index contributed by atoms with van der Waals surface area (Å²) in [5, 5.41) is 5.91. The second-order valence-corrected chi connectivity index (χ2v) is 5.45. The van der Waals surface area contributed by atoms with E-state index in [0.717, 1.165) is 0 Å². The first-order valence-electron chi connectivity index (χ1n) is 6.33. The molecular formula is C14H14Cl2N4O2. The lowest BCUT2D eigenvalue weighted by atomic mass is 10.2. The van der Waals surface area contributed by atoms with Gasteiger partial charge >= 0.3 is 0 Å². The Labute approximate surface area is 136 Å². The molecule has 1 aromatic carbocycles. The van der Waals surface area contributed by atoms with Crippen molar-refractivity contribution in [2.75, 3.05) is 0 Å². The number of carbonyl (C=O) groups excluding carboxylic acids is 1. The molecule has 8 heteroatoms. The van der Waals surface area contributed by atoms with Crippen molar-refractivity contribution in [3.05, 3.63) is 62.0 Å². The molecule has 6 nitrogen and oxygen atoms in total. The number of amides is 1. The smallest absolute Gasteiger partial charge is 0.267 e. The van der Waals surface area contributed by atoms with E-state index in [1.54, 1.807) is 25.1 Å². The maximum absolute atomic E-state index is 11.8. The number of benzene rings is 1. The predicted octanol–water partition coefficient (Wildman–Crippen LogP) is 2.15. The number of aromatic amines is 2. The fraction of sp³-hybridized carbons (Fsp3) is 0.143. The minimum Gasteiger partial charge on any atom is -0.302 e. The van der Waals surface area contributed by atoms with Crippen LogP contribution in [0.15, 0.2) is 29.6 Å². The summed E-state index contributed by atoms with van der Waals surface area (Å²) in [6.45, 7) is 5.51. The van der Waals surface area contributed by atoms with Crippen LogP contribution in [0.3, 0.4) is 0 Å². The first-order chi connectivity index (χ1) is 10.4. The summed E-state index contributed by atoms with van der Waals surface area (Å²) in [5.74, 6) is -0.366. The van der Waals surface area contributed by atoms with Crippen LogP contribution in [0.2, 0.25) is 10.0 Å². The molecule has 116 valence electrons. The first kappa shape index (κ1) is 16.2. The second kappa shape index (κ2) is 6.72. The van der Waals surface area contributed by atoms with Gasteiger partial charge in [-0.15, -0.1) is 0 Å². The molecule has 2 aromatic rings.